The minimum Gasteiger partial charge on any atom is -0.469 e. The molecule has 0 bridgehead atoms. The molecule has 0 aromatic carbocycles. The number of hydrogen-bond acceptors (Lipinski definition) is 6. The summed E-state index contributed by atoms with van der Waals surface area (Å²) in [5.41, 5.74) is 1.14. The van der Waals surface area contributed by atoms with Crippen LogP contribution >= 0.6 is 36.2 Å². The van der Waals surface area contributed by atoms with Gasteiger partial charge in [-0.15, -0.1) is 36.2 Å². The van der Waals surface area contributed by atoms with Crippen LogP contribution in [0.1, 0.15) is 34.7 Å². The van der Waals surface area contributed by atoms with E-state index in [1.54, 1.807) is 18.4 Å². The van der Waals surface area contributed by atoms with Crippen LogP contribution in [0.3, 0.4) is 0 Å². The van der Waals surface area contributed by atoms with Crippen LogP contribution in [0.4, 0.5) is 5.13 Å². The summed E-state index contributed by atoms with van der Waals surface area (Å²) < 4.78 is 5.12. The molecular weight excluding hydrogens is 411 g/mol. The minimum absolute atomic E-state index is 0. The number of nitrogens with zero attached hydrogens (tertiary/aromatic N) is 1. The highest BCUT2D eigenvalue weighted by Crippen LogP contribution is 2.18. The molecule has 27 heavy (non-hydrogen) atoms. The number of carbonyl (C=O) groups excluding carboxylic acids is 2. The van der Waals surface area contributed by atoms with Crippen LogP contribution in [0.25, 0.3) is 0 Å². The molecule has 0 saturated carbocycles. The molecule has 10 heteroatoms. The highest BCUT2D eigenvalue weighted by molar-refractivity contribution is 7.14. The van der Waals surface area contributed by atoms with E-state index >= 15 is 0 Å². The van der Waals surface area contributed by atoms with Gasteiger partial charge in [0.1, 0.15) is 5.76 Å². The van der Waals surface area contributed by atoms with Gasteiger partial charge >= 0.3 is 0 Å². The van der Waals surface area contributed by atoms with Crippen LogP contribution < -0.4 is 16.0 Å². The van der Waals surface area contributed by atoms with E-state index in [4.69, 9.17) is 4.42 Å². The van der Waals surface area contributed by atoms with Gasteiger partial charge in [-0.2, -0.15) is 0 Å². The van der Waals surface area contributed by atoms with E-state index in [0.717, 1.165) is 25.9 Å². The summed E-state index contributed by atoms with van der Waals surface area (Å²) in [6.45, 7) is 4.45. The zero-order chi connectivity index (χ0) is 17.6. The maximum absolute atomic E-state index is 12.1. The molecule has 1 aliphatic heterocycles. The predicted molar refractivity (Wildman–Crippen MR) is 110 cm³/mol. The summed E-state index contributed by atoms with van der Waals surface area (Å²) in [4.78, 5) is 28.5. The first-order valence-corrected chi connectivity index (χ1v) is 9.27. The molecule has 1 saturated heterocycles. The first kappa shape index (κ1) is 23.4. The summed E-state index contributed by atoms with van der Waals surface area (Å²) in [6.07, 6.45) is 4.00. The third-order valence-corrected chi connectivity index (χ3v) is 5.01. The second-order valence-electron chi connectivity index (χ2n) is 6.18. The van der Waals surface area contributed by atoms with Gasteiger partial charge in [0.2, 0.25) is 5.91 Å². The second kappa shape index (κ2) is 11.3. The van der Waals surface area contributed by atoms with Crippen LogP contribution in [0.2, 0.25) is 0 Å². The fraction of sp³-hybridized carbons (Fsp3) is 0.471. The third-order valence-electron chi connectivity index (χ3n) is 4.20. The monoisotopic (exact) mass is 434 g/mol. The number of furan rings is 1. The fourth-order valence-electron chi connectivity index (χ4n) is 2.81. The Kier molecular flexibility index (Phi) is 9.79. The molecule has 3 N–H and O–H groups in total. The number of amides is 2. The normalized spacial score (nSPS) is 16.0. The SMILES string of the molecule is Cc1occc1C(=O)Nc1nc(CC(=O)NCC2CCCNC2)cs1.Cl.Cl. The number of nitrogens with one attached hydrogen (secondary N) is 3. The minimum atomic E-state index is -0.263. The van der Waals surface area contributed by atoms with Crippen molar-refractivity contribution in [1.82, 2.24) is 15.6 Å². The molecule has 2 amide bonds. The summed E-state index contributed by atoms with van der Waals surface area (Å²) in [6, 6.07) is 1.62. The smallest absolute Gasteiger partial charge is 0.260 e. The molecular formula is C17H24Cl2N4O3S. The number of anilines is 1. The number of piperidine rings is 1. The van der Waals surface area contributed by atoms with Gasteiger partial charge in [-0.25, -0.2) is 4.98 Å². The van der Waals surface area contributed by atoms with Gasteiger partial charge in [0.05, 0.1) is 23.9 Å². The molecule has 3 heterocycles. The molecule has 7 nitrogen and oxygen atoms in total. The van der Waals surface area contributed by atoms with E-state index in [1.807, 2.05) is 0 Å². The molecule has 1 fully saturated rings. The van der Waals surface area contributed by atoms with Crippen molar-refractivity contribution in [2.75, 3.05) is 25.0 Å². The molecule has 1 unspecified atom stereocenters. The quantitative estimate of drug-likeness (QED) is 0.649. The van der Waals surface area contributed by atoms with E-state index in [0.29, 0.717) is 34.6 Å². The largest absolute Gasteiger partial charge is 0.469 e. The lowest BCUT2D eigenvalue weighted by Gasteiger charge is -2.22. The van der Waals surface area contributed by atoms with Crippen molar-refractivity contribution in [3.05, 3.63) is 34.7 Å². The summed E-state index contributed by atoms with van der Waals surface area (Å²) >= 11 is 1.31. The topological polar surface area (TPSA) is 96.3 Å². The summed E-state index contributed by atoms with van der Waals surface area (Å²) in [5, 5.41) is 11.3. The molecule has 150 valence electrons. The Bertz CT molecular complexity index is 744. The number of hydrogen-bond donors (Lipinski definition) is 3. The number of thiazole rings is 1. The fourth-order valence-corrected chi connectivity index (χ4v) is 3.52. The first-order valence-electron chi connectivity index (χ1n) is 8.39. The molecule has 0 aliphatic carbocycles. The van der Waals surface area contributed by atoms with Crippen molar-refractivity contribution in [1.29, 1.82) is 0 Å². The molecule has 1 aliphatic rings. The zero-order valence-electron chi connectivity index (χ0n) is 14.9. The zero-order valence-corrected chi connectivity index (χ0v) is 17.4. The maximum Gasteiger partial charge on any atom is 0.260 e. The van der Waals surface area contributed by atoms with E-state index in [2.05, 4.69) is 20.9 Å². The lowest BCUT2D eigenvalue weighted by atomic mass is 10.00. The number of aryl methyl sites for hydroxylation is 1. The van der Waals surface area contributed by atoms with Crippen molar-refractivity contribution < 1.29 is 14.0 Å². The maximum atomic E-state index is 12.1. The molecule has 2 aromatic rings. The predicted octanol–water partition coefficient (Wildman–Crippen LogP) is 2.80. The Morgan fingerprint density at radius 1 is 1.41 bits per heavy atom. The van der Waals surface area contributed by atoms with Crippen molar-refractivity contribution in [3.63, 3.8) is 0 Å². The van der Waals surface area contributed by atoms with Crippen molar-refractivity contribution in [2.24, 2.45) is 5.92 Å². The van der Waals surface area contributed by atoms with Crippen LogP contribution in [0.5, 0.6) is 0 Å². The Morgan fingerprint density at radius 2 is 2.22 bits per heavy atom. The lowest BCUT2D eigenvalue weighted by molar-refractivity contribution is -0.120. The number of carbonyl (C=O) groups is 2. The standard InChI is InChI=1S/C17H22N4O3S.2ClH/c1-11-14(4-6-24-11)16(23)21-17-20-13(10-25-17)7-15(22)19-9-12-3-2-5-18-8-12;;/h4,6,10,12,18H,2-3,5,7-9H2,1H3,(H,19,22)(H,20,21,23);2*1H. The highest BCUT2D eigenvalue weighted by Gasteiger charge is 2.16. The number of halogens is 2. The van der Waals surface area contributed by atoms with Crippen LogP contribution in [0, 0.1) is 12.8 Å². The Morgan fingerprint density at radius 3 is 2.89 bits per heavy atom. The Balaban J connectivity index is 0.00000182. The second-order valence-corrected chi connectivity index (χ2v) is 7.04. The van der Waals surface area contributed by atoms with Crippen LogP contribution in [-0.4, -0.2) is 36.4 Å². The third kappa shape index (κ3) is 6.80. The molecule has 0 spiro atoms. The molecule has 0 radical (unpaired) electrons. The van der Waals surface area contributed by atoms with E-state index in [9.17, 15) is 9.59 Å². The van der Waals surface area contributed by atoms with Crippen molar-refractivity contribution in [2.45, 2.75) is 26.2 Å². The van der Waals surface area contributed by atoms with Gasteiger partial charge in [-0.3, -0.25) is 14.9 Å². The highest BCUT2D eigenvalue weighted by atomic mass is 35.5. The van der Waals surface area contributed by atoms with Gasteiger partial charge < -0.3 is 15.1 Å². The van der Waals surface area contributed by atoms with Gasteiger partial charge in [0.15, 0.2) is 5.13 Å². The van der Waals surface area contributed by atoms with E-state index < -0.39 is 0 Å². The number of aromatic nitrogens is 1. The molecule has 2 aromatic heterocycles. The molecule has 3 rings (SSSR count). The van der Waals surface area contributed by atoms with Gasteiger partial charge in [-0.05, 0) is 44.8 Å². The Labute approximate surface area is 174 Å². The average Bonchev–Trinajstić information content (AvgIpc) is 3.23. The Hall–Kier alpha value is -1.61. The van der Waals surface area contributed by atoms with Gasteiger partial charge in [0.25, 0.3) is 5.91 Å². The van der Waals surface area contributed by atoms with Crippen molar-refractivity contribution in [3.8, 4) is 0 Å². The lowest BCUT2D eigenvalue weighted by Crippen LogP contribution is -2.38. The van der Waals surface area contributed by atoms with Crippen LogP contribution in [0.15, 0.2) is 22.1 Å². The van der Waals surface area contributed by atoms with Gasteiger partial charge in [-0.1, -0.05) is 0 Å². The average molecular weight is 435 g/mol. The van der Waals surface area contributed by atoms with Crippen molar-refractivity contribution >= 4 is 53.1 Å². The number of rotatable bonds is 6. The molecule has 1 atom stereocenters. The summed E-state index contributed by atoms with van der Waals surface area (Å²) in [5.74, 6) is 0.757. The van der Waals surface area contributed by atoms with E-state index in [1.165, 1.54) is 17.6 Å². The summed E-state index contributed by atoms with van der Waals surface area (Å²) in [7, 11) is 0. The van der Waals surface area contributed by atoms with Gasteiger partial charge in [0, 0.05) is 11.9 Å². The van der Waals surface area contributed by atoms with E-state index in [-0.39, 0.29) is 43.0 Å². The first-order chi connectivity index (χ1) is 12.1. The van der Waals surface area contributed by atoms with Crippen LogP contribution in [-0.2, 0) is 11.2 Å².